The molecule has 6 nitrogen and oxygen atoms in total. The zero-order chi connectivity index (χ0) is 19.8. The van der Waals surface area contributed by atoms with Crippen molar-refractivity contribution in [3.8, 4) is 5.75 Å². The van der Waals surface area contributed by atoms with Crippen LogP contribution in [-0.4, -0.2) is 50.3 Å². The summed E-state index contributed by atoms with van der Waals surface area (Å²) in [7, 11) is 0. The predicted molar refractivity (Wildman–Crippen MR) is 106 cm³/mol. The summed E-state index contributed by atoms with van der Waals surface area (Å²) in [5.41, 5.74) is 3.30. The molecular formula is C22H21FN2O4. The Labute approximate surface area is 167 Å². The number of amides is 1. The van der Waals surface area contributed by atoms with Crippen LogP contribution in [0.3, 0.4) is 0 Å². The van der Waals surface area contributed by atoms with Crippen molar-refractivity contribution in [1.29, 1.82) is 0 Å². The van der Waals surface area contributed by atoms with Crippen molar-refractivity contribution in [3.63, 3.8) is 0 Å². The van der Waals surface area contributed by atoms with Crippen LogP contribution in [0, 0.1) is 5.82 Å². The Kier molecular flexibility index (Phi) is 4.69. The van der Waals surface area contributed by atoms with Crippen LogP contribution in [0.4, 0.5) is 10.1 Å². The molecule has 1 amide bonds. The minimum atomic E-state index is -0.388. The lowest BCUT2D eigenvalue weighted by Crippen LogP contribution is -2.38. The summed E-state index contributed by atoms with van der Waals surface area (Å²) in [6, 6.07) is 9.99. The molecule has 5 rings (SSSR count). The van der Waals surface area contributed by atoms with E-state index in [1.54, 1.807) is 6.07 Å². The van der Waals surface area contributed by atoms with Gasteiger partial charge in [-0.1, -0.05) is 0 Å². The number of rotatable bonds is 4. The van der Waals surface area contributed by atoms with Gasteiger partial charge in [-0.05, 0) is 36.4 Å². The minimum Gasteiger partial charge on any atom is -0.492 e. The van der Waals surface area contributed by atoms with Gasteiger partial charge in [-0.25, -0.2) is 4.39 Å². The minimum absolute atomic E-state index is 0.278. The van der Waals surface area contributed by atoms with Crippen LogP contribution in [0.15, 0.2) is 36.4 Å². The van der Waals surface area contributed by atoms with Gasteiger partial charge in [0.1, 0.15) is 30.5 Å². The predicted octanol–water partition coefficient (Wildman–Crippen LogP) is 2.89. The number of hydrogen-bond acceptors (Lipinski definition) is 5. The molecule has 2 aromatic carbocycles. The number of fused-ring (bicyclic) bond motifs is 2. The molecule has 3 heterocycles. The number of hydrogen-bond donors (Lipinski definition) is 1. The Hall–Kier alpha value is -2.90. The number of halogens is 1. The molecule has 3 aliphatic rings. The van der Waals surface area contributed by atoms with Crippen molar-refractivity contribution in [2.45, 2.75) is 6.61 Å². The van der Waals surface area contributed by atoms with Crippen molar-refractivity contribution >= 4 is 22.9 Å². The highest BCUT2D eigenvalue weighted by Crippen LogP contribution is 2.42. The Morgan fingerprint density at radius 2 is 1.97 bits per heavy atom. The van der Waals surface area contributed by atoms with Gasteiger partial charge in [0.25, 0.3) is 5.91 Å². The van der Waals surface area contributed by atoms with Crippen LogP contribution in [0.2, 0.25) is 0 Å². The number of carbonyl (C=O) groups excluding carboxylic acids is 1. The van der Waals surface area contributed by atoms with Crippen LogP contribution in [-0.2, 0) is 20.9 Å². The molecule has 1 N–H and O–H groups in total. The highest BCUT2D eigenvalue weighted by atomic mass is 19.1. The highest BCUT2D eigenvalue weighted by molar-refractivity contribution is 6.36. The van der Waals surface area contributed by atoms with E-state index in [0.717, 1.165) is 49.7 Å². The molecule has 0 atom stereocenters. The van der Waals surface area contributed by atoms with Crippen LogP contribution >= 0.6 is 0 Å². The van der Waals surface area contributed by atoms with Crippen LogP contribution in [0.25, 0.3) is 11.3 Å². The molecular weight excluding hydrogens is 375 g/mol. The maximum atomic E-state index is 13.7. The first kappa shape index (κ1) is 18.1. The summed E-state index contributed by atoms with van der Waals surface area (Å²) < 4.78 is 30.8. The average molecular weight is 396 g/mol. The van der Waals surface area contributed by atoms with Crippen molar-refractivity contribution < 1.29 is 23.4 Å². The summed E-state index contributed by atoms with van der Waals surface area (Å²) in [6.07, 6.45) is 0. The molecule has 0 saturated carbocycles. The molecule has 7 heteroatoms. The fourth-order valence-electron chi connectivity index (χ4n) is 3.92. The maximum Gasteiger partial charge on any atom is 0.260 e. The second-order valence-electron chi connectivity index (χ2n) is 7.26. The quantitative estimate of drug-likeness (QED) is 0.806. The van der Waals surface area contributed by atoms with Crippen molar-refractivity contribution in [2.24, 2.45) is 0 Å². The van der Waals surface area contributed by atoms with Gasteiger partial charge >= 0.3 is 0 Å². The van der Waals surface area contributed by atoms with Crippen LogP contribution < -0.4 is 10.1 Å². The molecule has 0 aliphatic carbocycles. The number of ether oxygens (including phenoxy) is 3. The summed E-state index contributed by atoms with van der Waals surface area (Å²) in [4.78, 5) is 14.8. The van der Waals surface area contributed by atoms with Crippen molar-refractivity contribution in [1.82, 2.24) is 4.90 Å². The molecule has 0 unspecified atom stereocenters. The van der Waals surface area contributed by atoms with Gasteiger partial charge in [0, 0.05) is 42.0 Å². The van der Waals surface area contributed by atoms with Crippen LogP contribution in [0.5, 0.6) is 5.75 Å². The molecule has 0 spiro atoms. The van der Waals surface area contributed by atoms with Crippen molar-refractivity contribution in [2.75, 3.05) is 44.8 Å². The molecule has 0 radical (unpaired) electrons. The molecule has 0 bridgehead atoms. The largest absolute Gasteiger partial charge is 0.492 e. The van der Waals surface area contributed by atoms with E-state index in [1.807, 2.05) is 18.2 Å². The molecule has 3 aliphatic heterocycles. The van der Waals surface area contributed by atoms with Crippen molar-refractivity contribution in [3.05, 3.63) is 58.9 Å². The van der Waals surface area contributed by atoms with E-state index in [1.165, 1.54) is 12.1 Å². The van der Waals surface area contributed by atoms with Gasteiger partial charge < -0.3 is 19.5 Å². The van der Waals surface area contributed by atoms with Gasteiger partial charge in [0.2, 0.25) is 0 Å². The van der Waals surface area contributed by atoms with E-state index in [2.05, 4.69) is 10.2 Å². The second kappa shape index (κ2) is 7.50. The highest BCUT2D eigenvalue weighted by Gasteiger charge is 2.32. The lowest BCUT2D eigenvalue weighted by atomic mass is 10.0. The Balaban J connectivity index is 1.35. The molecule has 1 saturated heterocycles. The van der Waals surface area contributed by atoms with E-state index in [-0.39, 0.29) is 11.7 Å². The van der Waals surface area contributed by atoms with Crippen LogP contribution in [0.1, 0.15) is 16.7 Å². The molecule has 29 heavy (non-hydrogen) atoms. The van der Waals surface area contributed by atoms with Gasteiger partial charge in [-0.2, -0.15) is 0 Å². The smallest absolute Gasteiger partial charge is 0.260 e. The number of morpholine rings is 1. The molecule has 150 valence electrons. The third kappa shape index (κ3) is 3.47. The van der Waals surface area contributed by atoms with E-state index in [9.17, 15) is 9.18 Å². The van der Waals surface area contributed by atoms with Gasteiger partial charge in [0.05, 0.1) is 18.8 Å². The van der Waals surface area contributed by atoms with Gasteiger partial charge in [0.15, 0.2) is 0 Å². The van der Waals surface area contributed by atoms with E-state index >= 15 is 0 Å². The summed E-state index contributed by atoms with van der Waals surface area (Å²) >= 11 is 0. The topological polar surface area (TPSA) is 60.0 Å². The summed E-state index contributed by atoms with van der Waals surface area (Å²) in [6.45, 7) is 5.22. The third-order valence-corrected chi connectivity index (χ3v) is 5.43. The number of benzene rings is 2. The SMILES string of the molecule is O=C1Nc2ccc(F)cc2/C1=C1\OCc2cc(OCCN3CCOCC3)ccc21. The Morgan fingerprint density at radius 1 is 1.10 bits per heavy atom. The van der Waals surface area contributed by atoms with E-state index in [4.69, 9.17) is 14.2 Å². The standard InChI is InChI=1S/C22H21FN2O4/c23-15-1-4-19-18(12-15)20(22(26)24-19)21-17-3-2-16(11-14(17)13-29-21)28-10-7-25-5-8-27-9-6-25/h1-4,11-12H,5-10,13H2,(H,24,26)/b21-20+. The molecule has 0 aromatic heterocycles. The fourth-order valence-corrected chi connectivity index (χ4v) is 3.92. The van der Waals surface area contributed by atoms with E-state index < -0.39 is 0 Å². The maximum absolute atomic E-state index is 13.7. The summed E-state index contributed by atoms with van der Waals surface area (Å²) in [5.74, 6) is 0.593. The number of carbonyl (C=O) groups is 1. The first-order valence-corrected chi connectivity index (χ1v) is 9.73. The lowest BCUT2D eigenvalue weighted by molar-refractivity contribution is -0.110. The Bertz CT molecular complexity index is 998. The number of anilines is 1. The van der Waals surface area contributed by atoms with Gasteiger partial charge in [-0.3, -0.25) is 9.69 Å². The Morgan fingerprint density at radius 3 is 2.83 bits per heavy atom. The number of nitrogens with zero attached hydrogens (tertiary/aromatic N) is 1. The molecule has 1 fully saturated rings. The average Bonchev–Trinajstić information content (AvgIpc) is 3.28. The zero-order valence-corrected chi connectivity index (χ0v) is 15.9. The summed E-state index contributed by atoms with van der Waals surface area (Å²) in [5, 5.41) is 2.77. The first-order chi connectivity index (χ1) is 14.2. The zero-order valence-electron chi connectivity index (χ0n) is 15.9. The lowest BCUT2D eigenvalue weighted by Gasteiger charge is -2.26. The monoisotopic (exact) mass is 396 g/mol. The fraction of sp³-hybridized carbons (Fsp3) is 0.318. The normalized spacial score (nSPS) is 20.8. The third-order valence-electron chi connectivity index (χ3n) is 5.43. The molecule has 2 aromatic rings. The second-order valence-corrected chi connectivity index (χ2v) is 7.26. The van der Waals surface area contributed by atoms with Gasteiger partial charge in [-0.15, -0.1) is 0 Å². The van der Waals surface area contributed by atoms with E-state index in [0.29, 0.717) is 35.8 Å². The first-order valence-electron chi connectivity index (χ1n) is 9.73. The number of nitrogens with one attached hydrogen (secondary N) is 1.